The Kier molecular flexibility index (Phi) is 5.11. The zero-order valence-electron chi connectivity index (χ0n) is 17.8. The van der Waals surface area contributed by atoms with E-state index in [0.717, 1.165) is 34.0 Å². The van der Waals surface area contributed by atoms with Crippen molar-refractivity contribution in [1.29, 1.82) is 0 Å². The number of benzene rings is 2. The molecule has 0 bridgehead atoms. The van der Waals surface area contributed by atoms with Crippen LogP contribution in [0.2, 0.25) is 0 Å². The Labute approximate surface area is 185 Å². The standard InChI is InChI=1S/C26H22FN5/c1-17-13-15-32-25(24(31-26(32)29-17)20-8-10-22(27)11-9-20)21-12-14-28-23(16-21)30-18(2)19-6-4-3-5-7-19/h3-16,18H,1-2H3,(H,28,30)/t18-/m1/s1. The van der Waals surface area contributed by atoms with Crippen molar-refractivity contribution in [3.8, 4) is 22.5 Å². The van der Waals surface area contributed by atoms with Gasteiger partial charge in [0.25, 0.3) is 0 Å². The van der Waals surface area contributed by atoms with Crippen LogP contribution in [0, 0.1) is 12.7 Å². The summed E-state index contributed by atoms with van der Waals surface area (Å²) in [6.07, 6.45) is 3.75. The second kappa shape index (κ2) is 8.23. The molecule has 1 N–H and O–H groups in total. The van der Waals surface area contributed by atoms with Crippen molar-refractivity contribution < 1.29 is 4.39 Å². The molecule has 32 heavy (non-hydrogen) atoms. The molecule has 1 atom stereocenters. The van der Waals surface area contributed by atoms with Gasteiger partial charge in [-0.25, -0.2) is 19.3 Å². The lowest BCUT2D eigenvalue weighted by molar-refractivity contribution is 0.628. The normalized spacial score (nSPS) is 12.1. The van der Waals surface area contributed by atoms with Crippen LogP contribution < -0.4 is 5.32 Å². The first-order chi connectivity index (χ1) is 15.6. The molecule has 0 aliphatic carbocycles. The topological polar surface area (TPSA) is 55.1 Å². The number of imidazole rings is 1. The van der Waals surface area contributed by atoms with Gasteiger partial charge >= 0.3 is 0 Å². The SMILES string of the molecule is Cc1ccn2c(-c3ccnc(N[C@H](C)c4ccccc4)c3)c(-c3ccc(F)cc3)nc2n1. The van der Waals surface area contributed by atoms with Gasteiger partial charge in [0.2, 0.25) is 5.78 Å². The molecule has 0 amide bonds. The Bertz CT molecular complexity index is 1380. The fourth-order valence-electron chi connectivity index (χ4n) is 3.81. The maximum Gasteiger partial charge on any atom is 0.235 e. The van der Waals surface area contributed by atoms with Gasteiger partial charge in [0.1, 0.15) is 11.6 Å². The Balaban J connectivity index is 1.60. The van der Waals surface area contributed by atoms with E-state index in [4.69, 9.17) is 4.98 Å². The number of anilines is 1. The molecule has 2 aromatic carbocycles. The minimum absolute atomic E-state index is 0.0991. The number of hydrogen-bond acceptors (Lipinski definition) is 4. The molecular formula is C26H22FN5. The minimum Gasteiger partial charge on any atom is -0.364 e. The average Bonchev–Trinajstić information content (AvgIpc) is 3.19. The number of fused-ring (bicyclic) bond motifs is 1. The molecule has 3 aromatic heterocycles. The predicted molar refractivity (Wildman–Crippen MR) is 125 cm³/mol. The van der Waals surface area contributed by atoms with Gasteiger partial charge in [0.05, 0.1) is 11.4 Å². The molecule has 5 aromatic rings. The Hall–Kier alpha value is -4.06. The lowest BCUT2D eigenvalue weighted by Gasteiger charge is -2.15. The highest BCUT2D eigenvalue weighted by Crippen LogP contribution is 2.33. The number of nitrogens with one attached hydrogen (secondary N) is 1. The van der Waals surface area contributed by atoms with E-state index < -0.39 is 0 Å². The molecule has 5 nitrogen and oxygen atoms in total. The number of rotatable bonds is 5. The smallest absolute Gasteiger partial charge is 0.235 e. The monoisotopic (exact) mass is 423 g/mol. The van der Waals surface area contributed by atoms with Gasteiger partial charge in [0.15, 0.2) is 0 Å². The summed E-state index contributed by atoms with van der Waals surface area (Å²) in [5.74, 6) is 1.08. The minimum atomic E-state index is -0.279. The van der Waals surface area contributed by atoms with Crippen LogP contribution in [0.3, 0.4) is 0 Å². The number of nitrogens with zero attached hydrogens (tertiary/aromatic N) is 4. The summed E-state index contributed by atoms with van der Waals surface area (Å²) < 4.78 is 15.5. The van der Waals surface area contributed by atoms with Gasteiger partial charge in [0, 0.05) is 35.3 Å². The highest BCUT2D eigenvalue weighted by atomic mass is 19.1. The summed E-state index contributed by atoms with van der Waals surface area (Å²) in [5.41, 5.74) is 5.47. The summed E-state index contributed by atoms with van der Waals surface area (Å²) >= 11 is 0. The van der Waals surface area contributed by atoms with E-state index in [2.05, 4.69) is 34.3 Å². The highest BCUT2D eigenvalue weighted by Gasteiger charge is 2.18. The van der Waals surface area contributed by atoms with Crippen LogP contribution in [-0.2, 0) is 0 Å². The number of aromatic nitrogens is 4. The van der Waals surface area contributed by atoms with Crippen LogP contribution in [0.1, 0.15) is 24.2 Å². The van der Waals surface area contributed by atoms with Crippen LogP contribution in [0.4, 0.5) is 10.2 Å². The van der Waals surface area contributed by atoms with Crippen LogP contribution in [-0.4, -0.2) is 19.4 Å². The van der Waals surface area contributed by atoms with Crippen molar-refractivity contribution in [2.45, 2.75) is 19.9 Å². The maximum absolute atomic E-state index is 13.5. The molecule has 0 radical (unpaired) electrons. The fourth-order valence-corrected chi connectivity index (χ4v) is 3.81. The molecule has 0 aliphatic rings. The average molecular weight is 423 g/mol. The van der Waals surface area contributed by atoms with Crippen molar-refractivity contribution in [1.82, 2.24) is 19.4 Å². The zero-order valence-corrected chi connectivity index (χ0v) is 17.8. The van der Waals surface area contributed by atoms with E-state index >= 15 is 0 Å². The first-order valence-corrected chi connectivity index (χ1v) is 10.5. The molecule has 158 valence electrons. The summed E-state index contributed by atoms with van der Waals surface area (Å²) in [7, 11) is 0. The van der Waals surface area contributed by atoms with E-state index in [1.54, 1.807) is 18.3 Å². The molecule has 0 aliphatic heterocycles. The summed E-state index contributed by atoms with van der Waals surface area (Å²) in [6.45, 7) is 4.04. The fraction of sp³-hybridized carbons (Fsp3) is 0.115. The molecule has 6 heteroatoms. The third-order valence-electron chi connectivity index (χ3n) is 5.45. The van der Waals surface area contributed by atoms with Crippen LogP contribution in [0.15, 0.2) is 85.2 Å². The van der Waals surface area contributed by atoms with Crippen molar-refractivity contribution >= 4 is 11.6 Å². The second-order valence-electron chi connectivity index (χ2n) is 7.76. The summed E-state index contributed by atoms with van der Waals surface area (Å²) in [5, 5.41) is 3.48. The molecule has 0 saturated heterocycles. The van der Waals surface area contributed by atoms with E-state index in [1.165, 1.54) is 17.7 Å². The molecule has 0 spiro atoms. The second-order valence-corrected chi connectivity index (χ2v) is 7.76. The molecule has 0 saturated carbocycles. The third-order valence-corrected chi connectivity index (χ3v) is 5.45. The Morgan fingerprint density at radius 2 is 1.69 bits per heavy atom. The number of hydrogen-bond donors (Lipinski definition) is 1. The van der Waals surface area contributed by atoms with Crippen molar-refractivity contribution in [3.63, 3.8) is 0 Å². The van der Waals surface area contributed by atoms with Gasteiger partial charge in [-0.1, -0.05) is 30.3 Å². The number of halogens is 1. The van der Waals surface area contributed by atoms with Gasteiger partial charge in [-0.3, -0.25) is 4.40 Å². The van der Waals surface area contributed by atoms with Crippen LogP contribution in [0.25, 0.3) is 28.3 Å². The van der Waals surface area contributed by atoms with Gasteiger partial charge in [-0.15, -0.1) is 0 Å². The molecular weight excluding hydrogens is 401 g/mol. The van der Waals surface area contributed by atoms with E-state index in [0.29, 0.717) is 5.78 Å². The zero-order chi connectivity index (χ0) is 22.1. The first kappa shape index (κ1) is 19.9. The lowest BCUT2D eigenvalue weighted by Crippen LogP contribution is -2.07. The summed E-state index contributed by atoms with van der Waals surface area (Å²) in [6, 6.07) is 22.6. The predicted octanol–water partition coefficient (Wildman–Crippen LogP) is 6.08. The first-order valence-electron chi connectivity index (χ1n) is 10.5. The van der Waals surface area contributed by atoms with E-state index in [1.807, 2.05) is 53.9 Å². The Morgan fingerprint density at radius 1 is 0.906 bits per heavy atom. The number of pyridine rings is 1. The van der Waals surface area contributed by atoms with E-state index in [9.17, 15) is 4.39 Å². The summed E-state index contributed by atoms with van der Waals surface area (Å²) in [4.78, 5) is 13.9. The molecule has 0 fully saturated rings. The van der Waals surface area contributed by atoms with Crippen LogP contribution in [0.5, 0.6) is 0 Å². The third kappa shape index (κ3) is 3.83. The van der Waals surface area contributed by atoms with Gasteiger partial charge < -0.3 is 5.32 Å². The van der Waals surface area contributed by atoms with Crippen LogP contribution >= 0.6 is 0 Å². The highest BCUT2D eigenvalue weighted by molar-refractivity contribution is 5.82. The largest absolute Gasteiger partial charge is 0.364 e. The molecule has 5 rings (SSSR count). The number of aryl methyl sites for hydroxylation is 1. The lowest BCUT2D eigenvalue weighted by atomic mass is 10.1. The van der Waals surface area contributed by atoms with E-state index in [-0.39, 0.29) is 11.9 Å². The van der Waals surface area contributed by atoms with Crippen molar-refractivity contribution in [3.05, 3.63) is 102 Å². The van der Waals surface area contributed by atoms with Gasteiger partial charge in [-0.2, -0.15) is 0 Å². The Morgan fingerprint density at radius 3 is 2.47 bits per heavy atom. The molecule has 3 heterocycles. The van der Waals surface area contributed by atoms with Crippen molar-refractivity contribution in [2.75, 3.05) is 5.32 Å². The van der Waals surface area contributed by atoms with Gasteiger partial charge in [-0.05, 0) is 61.9 Å². The molecule has 0 unspecified atom stereocenters. The maximum atomic E-state index is 13.5. The quantitative estimate of drug-likeness (QED) is 0.372. The van der Waals surface area contributed by atoms with Crippen molar-refractivity contribution in [2.24, 2.45) is 0 Å².